The van der Waals surface area contributed by atoms with Crippen LogP contribution in [-0.2, 0) is 14.4 Å². The Morgan fingerprint density at radius 1 is 1.05 bits per heavy atom. The van der Waals surface area contributed by atoms with Crippen LogP contribution >= 0.6 is 11.3 Å². The molecule has 0 bridgehead atoms. The topological polar surface area (TPSA) is 125 Å². The van der Waals surface area contributed by atoms with Gasteiger partial charge in [0.15, 0.2) is 0 Å². The highest BCUT2D eigenvalue weighted by molar-refractivity contribution is 7.08. The molecule has 0 aliphatic heterocycles. The smallest absolute Gasteiger partial charge is 0.322 e. The van der Waals surface area contributed by atoms with E-state index in [0.29, 0.717) is 5.56 Å². The second kappa shape index (κ2) is 8.69. The van der Waals surface area contributed by atoms with E-state index in [1.807, 2.05) is 0 Å². The summed E-state index contributed by atoms with van der Waals surface area (Å²) in [5.41, 5.74) is 0.536. The molecule has 0 saturated heterocycles. The number of hydrogen-bond donors (Lipinski definition) is 4. The summed E-state index contributed by atoms with van der Waals surface area (Å²) >= 11 is 1.40. The van der Waals surface area contributed by atoms with Crippen LogP contribution in [0, 0.1) is 0 Å². The van der Waals surface area contributed by atoms with E-state index < -0.39 is 24.3 Å². The van der Waals surface area contributed by atoms with Crippen molar-refractivity contribution in [3.63, 3.8) is 0 Å². The zero-order valence-corrected chi connectivity index (χ0v) is 11.9. The summed E-state index contributed by atoms with van der Waals surface area (Å²) in [4.78, 5) is 44.3. The van der Waals surface area contributed by atoms with Crippen molar-refractivity contribution in [1.82, 2.24) is 16.0 Å². The Morgan fingerprint density at radius 2 is 1.76 bits per heavy atom. The summed E-state index contributed by atoms with van der Waals surface area (Å²) in [6.45, 7) is -0.646. The number of carboxylic acid groups (broad SMARTS) is 1. The number of carbonyl (C=O) groups excluding carboxylic acids is 3. The van der Waals surface area contributed by atoms with Crippen LogP contribution in [0.25, 0.3) is 0 Å². The van der Waals surface area contributed by atoms with Crippen LogP contribution in [0.5, 0.6) is 0 Å². The molecule has 1 aromatic rings. The second-order valence-corrected chi connectivity index (χ2v) is 4.75. The minimum atomic E-state index is -1.16. The standard InChI is InChI=1S/C12H15N3O5S/c16-9(14-5-10(17)15-6-11(18)19)1-3-13-12(20)8-2-4-21-7-8/h2,4,7H,1,3,5-6H2,(H,13,20)(H,14,16)(H,15,17)(H,18,19). The van der Waals surface area contributed by atoms with E-state index in [0.717, 1.165) is 0 Å². The molecule has 3 amide bonds. The molecule has 0 saturated carbocycles. The maximum absolute atomic E-state index is 11.5. The van der Waals surface area contributed by atoms with Gasteiger partial charge in [-0.1, -0.05) is 0 Å². The summed E-state index contributed by atoms with van der Waals surface area (Å²) in [6.07, 6.45) is 0.0298. The molecule has 21 heavy (non-hydrogen) atoms. The maximum Gasteiger partial charge on any atom is 0.322 e. The van der Waals surface area contributed by atoms with Crippen molar-refractivity contribution in [1.29, 1.82) is 0 Å². The maximum atomic E-state index is 11.5. The molecule has 1 aromatic heterocycles. The molecule has 8 nitrogen and oxygen atoms in total. The average molecular weight is 313 g/mol. The zero-order valence-electron chi connectivity index (χ0n) is 11.0. The number of carbonyl (C=O) groups is 4. The molecule has 0 fully saturated rings. The van der Waals surface area contributed by atoms with Gasteiger partial charge in [0.2, 0.25) is 11.8 Å². The predicted molar refractivity (Wildman–Crippen MR) is 74.9 cm³/mol. The summed E-state index contributed by atoms with van der Waals surface area (Å²) < 4.78 is 0. The SMILES string of the molecule is O=C(O)CNC(=O)CNC(=O)CCNC(=O)c1ccsc1. The quantitative estimate of drug-likeness (QED) is 0.499. The molecule has 0 unspecified atom stereocenters. The predicted octanol–water partition coefficient (Wildman–Crippen LogP) is -0.815. The van der Waals surface area contributed by atoms with Gasteiger partial charge < -0.3 is 21.1 Å². The van der Waals surface area contributed by atoms with Crippen LogP contribution in [0.4, 0.5) is 0 Å². The van der Waals surface area contributed by atoms with E-state index in [2.05, 4.69) is 16.0 Å². The van der Waals surface area contributed by atoms with E-state index in [1.54, 1.807) is 16.8 Å². The van der Waals surface area contributed by atoms with Gasteiger partial charge in [0.25, 0.3) is 5.91 Å². The first-order chi connectivity index (χ1) is 9.99. The van der Waals surface area contributed by atoms with Gasteiger partial charge in [0.1, 0.15) is 6.54 Å². The lowest BCUT2D eigenvalue weighted by Crippen LogP contribution is -2.39. The minimum Gasteiger partial charge on any atom is -0.480 e. The van der Waals surface area contributed by atoms with Crippen molar-refractivity contribution in [3.05, 3.63) is 22.4 Å². The lowest BCUT2D eigenvalue weighted by Gasteiger charge is -2.06. The lowest BCUT2D eigenvalue weighted by molar-refractivity contribution is -0.137. The molecule has 0 aromatic carbocycles. The van der Waals surface area contributed by atoms with Crippen molar-refractivity contribution in [2.24, 2.45) is 0 Å². The minimum absolute atomic E-state index is 0.0298. The third-order valence-electron chi connectivity index (χ3n) is 2.30. The summed E-state index contributed by atoms with van der Waals surface area (Å²) in [5.74, 6) is -2.42. The Balaban J connectivity index is 2.12. The van der Waals surface area contributed by atoms with E-state index in [-0.39, 0.29) is 25.4 Å². The van der Waals surface area contributed by atoms with Crippen molar-refractivity contribution < 1.29 is 24.3 Å². The van der Waals surface area contributed by atoms with Crippen LogP contribution in [0.15, 0.2) is 16.8 Å². The van der Waals surface area contributed by atoms with Gasteiger partial charge in [-0.25, -0.2) is 0 Å². The van der Waals surface area contributed by atoms with Crippen molar-refractivity contribution in [2.75, 3.05) is 19.6 Å². The molecule has 0 aliphatic carbocycles. The third kappa shape index (κ3) is 7.06. The number of thiophene rings is 1. The van der Waals surface area contributed by atoms with Gasteiger partial charge in [-0.3, -0.25) is 19.2 Å². The van der Waals surface area contributed by atoms with E-state index >= 15 is 0 Å². The molecule has 1 heterocycles. The molecule has 114 valence electrons. The molecule has 0 atom stereocenters. The van der Waals surface area contributed by atoms with E-state index in [9.17, 15) is 19.2 Å². The Morgan fingerprint density at radius 3 is 2.38 bits per heavy atom. The van der Waals surface area contributed by atoms with Crippen molar-refractivity contribution >= 4 is 35.0 Å². The van der Waals surface area contributed by atoms with E-state index in [1.165, 1.54) is 11.3 Å². The normalized spacial score (nSPS) is 9.71. The second-order valence-electron chi connectivity index (χ2n) is 3.97. The fourth-order valence-electron chi connectivity index (χ4n) is 1.29. The van der Waals surface area contributed by atoms with Gasteiger partial charge in [-0.05, 0) is 11.4 Å². The first kappa shape index (κ1) is 16.6. The number of hydrogen-bond acceptors (Lipinski definition) is 5. The zero-order chi connectivity index (χ0) is 15.7. The van der Waals surface area contributed by atoms with Gasteiger partial charge in [-0.2, -0.15) is 11.3 Å². The first-order valence-electron chi connectivity index (χ1n) is 6.04. The van der Waals surface area contributed by atoms with Gasteiger partial charge in [0.05, 0.1) is 6.54 Å². The van der Waals surface area contributed by atoms with Crippen molar-refractivity contribution in [2.45, 2.75) is 6.42 Å². The highest BCUT2D eigenvalue weighted by atomic mass is 32.1. The summed E-state index contributed by atoms with van der Waals surface area (Å²) in [6, 6.07) is 1.67. The largest absolute Gasteiger partial charge is 0.480 e. The molecule has 0 radical (unpaired) electrons. The van der Waals surface area contributed by atoms with Gasteiger partial charge in [0, 0.05) is 23.9 Å². The molecule has 1 rings (SSSR count). The fraction of sp³-hybridized carbons (Fsp3) is 0.333. The number of nitrogens with one attached hydrogen (secondary N) is 3. The van der Waals surface area contributed by atoms with E-state index in [4.69, 9.17) is 5.11 Å². The fourth-order valence-corrected chi connectivity index (χ4v) is 1.93. The van der Waals surface area contributed by atoms with Gasteiger partial charge >= 0.3 is 5.97 Å². The summed E-state index contributed by atoms with van der Waals surface area (Å²) in [5, 5.41) is 18.8. The molecule has 0 spiro atoms. The van der Waals surface area contributed by atoms with Crippen LogP contribution < -0.4 is 16.0 Å². The first-order valence-corrected chi connectivity index (χ1v) is 6.99. The number of aliphatic carboxylic acids is 1. The lowest BCUT2D eigenvalue weighted by atomic mass is 10.3. The molecular formula is C12H15N3O5S. The molecule has 0 aliphatic rings. The van der Waals surface area contributed by atoms with Gasteiger partial charge in [-0.15, -0.1) is 0 Å². The third-order valence-corrected chi connectivity index (χ3v) is 2.99. The monoisotopic (exact) mass is 313 g/mol. The molecular weight excluding hydrogens is 298 g/mol. The van der Waals surface area contributed by atoms with Crippen LogP contribution in [-0.4, -0.2) is 48.4 Å². The molecule has 9 heteroatoms. The van der Waals surface area contributed by atoms with Crippen LogP contribution in [0.2, 0.25) is 0 Å². The Labute approximate surface area is 124 Å². The Kier molecular flexibility index (Phi) is 6.88. The molecule has 4 N–H and O–H groups in total. The number of amides is 3. The van der Waals surface area contributed by atoms with Crippen LogP contribution in [0.1, 0.15) is 16.8 Å². The van der Waals surface area contributed by atoms with Crippen molar-refractivity contribution in [3.8, 4) is 0 Å². The highest BCUT2D eigenvalue weighted by Gasteiger charge is 2.08. The van der Waals surface area contributed by atoms with Crippen LogP contribution in [0.3, 0.4) is 0 Å². The number of carboxylic acids is 1. The number of rotatable bonds is 8. The Bertz CT molecular complexity index is 515. The average Bonchev–Trinajstić information content (AvgIpc) is 2.97. The highest BCUT2D eigenvalue weighted by Crippen LogP contribution is 2.04. The Hall–Kier alpha value is -2.42. The summed E-state index contributed by atoms with van der Waals surface area (Å²) in [7, 11) is 0.